The molecule has 0 spiro atoms. The summed E-state index contributed by atoms with van der Waals surface area (Å²) in [7, 11) is 2.66. The third-order valence-electron chi connectivity index (χ3n) is 4.38. The van der Waals surface area contributed by atoms with Gasteiger partial charge in [0.05, 0.1) is 19.8 Å². The van der Waals surface area contributed by atoms with Crippen molar-refractivity contribution >= 4 is 86.7 Å². The molecule has 43 heavy (non-hydrogen) atoms. The fourth-order valence-corrected chi connectivity index (χ4v) is 3.80. The van der Waals surface area contributed by atoms with E-state index in [2.05, 4.69) is 67.6 Å². The molecule has 2 rings (SSSR count). The van der Waals surface area contributed by atoms with Crippen LogP contribution >= 0.6 is 56.3 Å². The zero-order valence-corrected chi connectivity index (χ0v) is 31.8. The van der Waals surface area contributed by atoms with Gasteiger partial charge in [0.1, 0.15) is 0 Å². The minimum Gasteiger partial charge on any atom is -0.662 e. The Labute approximate surface area is 302 Å². The minimum atomic E-state index is -0.831. The molecule has 1 unspecified atom stereocenters. The van der Waals surface area contributed by atoms with Crippen molar-refractivity contribution < 1.29 is 73.1 Å². The minimum absolute atomic E-state index is 0. The van der Waals surface area contributed by atoms with E-state index in [1.54, 1.807) is 36.0 Å². The summed E-state index contributed by atoms with van der Waals surface area (Å²) < 4.78 is 16.4. The van der Waals surface area contributed by atoms with Gasteiger partial charge < -0.3 is 24.4 Å². The maximum atomic E-state index is 11.6. The molecule has 0 amide bonds. The predicted octanol–water partition coefficient (Wildman–Crippen LogP) is 2.92. The predicted molar refractivity (Wildman–Crippen MR) is 174 cm³/mol. The molecule has 2 aromatic carbocycles. The summed E-state index contributed by atoms with van der Waals surface area (Å²) in [6.45, 7) is 8.77. The molecular weight excluding hydrogens is 739 g/mol. The Bertz CT molecular complexity index is 1130. The number of ether oxygens (including phenoxy) is 3. The van der Waals surface area contributed by atoms with Crippen LogP contribution in [0, 0.1) is 0 Å². The average molecular weight is 775 g/mol. The summed E-state index contributed by atoms with van der Waals surface area (Å²) in [5.41, 5.74) is 2.44. The number of esters is 3. The standard InChI is InChI=1S/C13H13BrO4.C13H15BrO2S.C2H6S.CH2O3.Na/c1-8(13(16)17-3)12(18-9(2)15)10-4-6-11(14)7-5-10;1-3-17-9-11(13(15)16-2)8-10-4-6-12(14)7-5-10;1-2-3;2-1-4-3;/h4-7,12H,1H2,2-3H3;4-8H,3,9H2,1-2H3;3H,2H2,1H3;1,3H;/q;;;;+1/p-1. The van der Waals surface area contributed by atoms with Crippen LogP contribution in [0.5, 0.6) is 0 Å². The van der Waals surface area contributed by atoms with E-state index >= 15 is 0 Å². The molecule has 0 heterocycles. The van der Waals surface area contributed by atoms with Gasteiger partial charge in [-0.2, -0.15) is 24.4 Å². The van der Waals surface area contributed by atoms with Crippen molar-refractivity contribution in [2.24, 2.45) is 0 Å². The van der Waals surface area contributed by atoms with Gasteiger partial charge >= 0.3 is 47.5 Å². The van der Waals surface area contributed by atoms with E-state index in [4.69, 9.17) is 19.5 Å². The molecule has 9 nitrogen and oxygen atoms in total. The van der Waals surface area contributed by atoms with Crippen molar-refractivity contribution in [3.05, 3.63) is 86.3 Å². The molecule has 0 N–H and O–H groups in total. The van der Waals surface area contributed by atoms with Crippen LogP contribution in [0.3, 0.4) is 0 Å². The van der Waals surface area contributed by atoms with Gasteiger partial charge in [0.25, 0.3) is 6.47 Å². The molecule has 0 aliphatic rings. The molecule has 0 radical (unpaired) electrons. The van der Waals surface area contributed by atoms with E-state index in [0.29, 0.717) is 16.9 Å². The van der Waals surface area contributed by atoms with Gasteiger partial charge in [0, 0.05) is 27.2 Å². The number of hydrogen-bond donors (Lipinski definition) is 1. The van der Waals surface area contributed by atoms with E-state index in [1.165, 1.54) is 21.1 Å². The van der Waals surface area contributed by atoms with E-state index in [-0.39, 0.29) is 47.6 Å². The Balaban J connectivity index is -0.000000600. The Morgan fingerprint density at radius 3 is 1.79 bits per heavy atom. The van der Waals surface area contributed by atoms with E-state index in [0.717, 1.165) is 26.0 Å². The first kappa shape index (κ1) is 45.8. The molecule has 0 aliphatic carbocycles. The van der Waals surface area contributed by atoms with E-state index in [9.17, 15) is 14.4 Å². The van der Waals surface area contributed by atoms with Gasteiger partial charge in [-0.3, -0.25) is 9.59 Å². The van der Waals surface area contributed by atoms with Gasteiger partial charge in [-0.05, 0) is 53.0 Å². The molecule has 2 aromatic rings. The van der Waals surface area contributed by atoms with Crippen molar-refractivity contribution in [3.8, 4) is 0 Å². The smallest absolute Gasteiger partial charge is 0.662 e. The first-order chi connectivity index (χ1) is 19.9. The number of hydrogen-bond acceptors (Lipinski definition) is 11. The molecule has 1 atom stereocenters. The van der Waals surface area contributed by atoms with E-state index < -0.39 is 18.0 Å². The molecule has 232 valence electrons. The number of carbonyl (C=O) groups excluding carboxylic acids is 4. The summed E-state index contributed by atoms with van der Waals surface area (Å²) in [6.07, 6.45) is 1.05. The van der Waals surface area contributed by atoms with Crippen molar-refractivity contribution in [2.75, 3.05) is 31.5 Å². The summed E-state index contributed by atoms with van der Waals surface area (Å²) in [6, 6.07) is 14.9. The number of thiol groups is 1. The SMILES string of the molecule is C=C(C(=O)OC)C(OC(C)=O)c1ccc(Br)cc1.CCS.CCSCC(=Cc1ccc(Br)cc1)C(=O)OC.O=CO[O-].[Na+]. The summed E-state index contributed by atoms with van der Waals surface area (Å²) in [4.78, 5) is 45.4. The van der Waals surface area contributed by atoms with Gasteiger partial charge in [-0.15, -0.1) is 0 Å². The van der Waals surface area contributed by atoms with Crippen molar-refractivity contribution in [2.45, 2.75) is 26.9 Å². The van der Waals surface area contributed by atoms with Gasteiger partial charge in [0.15, 0.2) is 6.10 Å². The van der Waals surface area contributed by atoms with Gasteiger partial charge in [-0.1, -0.05) is 76.6 Å². The second-order valence-corrected chi connectivity index (χ2v) is 11.2. The topological polar surface area (TPSA) is 128 Å². The number of thioether (sulfide) groups is 1. The molecule has 0 aromatic heterocycles. The molecule has 0 fully saturated rings. The average Bonchev–Trinajstić information content (AvgIpc) is 2.99. The summed E-state index contributed by atoms with van der Waals surface area (Å²) >= 11 is 12.2. The largest absolute Gasteiger partial charge is 1.00 e. The van der Waals surface area contributed by atoms with Crippen LogP contribution in [0.1, 0.15) is 38.0 Å². The number of rotatable bonds is 10. The molecule has 0 bridgehead atoms. The third-order valence-corrected chi connectivity index (χ3v) is 6.36. The zero-order chi connectivity index (χ0) is 32.5. The Morgan fingerprint density at radius 1 is 0.977 bits per heavy atom. The van der Waals surface area contributed by atoms with Crippen molar-refractivity contribution in [1.82, 2.24) is 0 Å². The number of halogens is 2. The monoisotopic (exact) mass is 772 g/mol. The Morgan fingerprint density at radius 2 is 1.42 bits per heavy atom. The fraction of sp³-hybridized carbons (Fsp3) is 0.310. The molecular formula is C29H35Br2NaO9S2. The van der Waals surface area contributed by atoms with Crippen LogP contribution in [0.2, 0.25) is 0 Å². The maximum absolute atomic E-state index is 11.6. The van der Waals surface area contributed by atoms with Crippen LogP contribution in [0.25, 0.3) is 6.08 Å². The summed E-state index contributed by atoms with van der Waals surface area (Å²) in [5.74, 6) is 1.25. The van der Waals surface area contributed by atoms with Crippen LogP contribution < -0.4 is 34.8 Å². The second-order valence-electron chi connectivity index (χ2n) is 7.42. The van der Waals surface area contributed by atoms with Crippen LogP contribution in [-0.4, -0.2) is 55.9 Å². The van der Waals surface area contributed by atoms with Crippen LogP contribution in [0.15, 0.2) is 75.2 Å². The first-order valence-corrected chi connectivity index (χ1v) is 15.5. The molecule has 14 heteroatoms. The first-order valence-electron chi connectivity index (χ1n) is 12.1. The van der Waals surface area contributed by atoms with Gasteiger partial charge in [-0.25, -0.2) is 9.59 Å². The Kier molecular flexibility index (Phi) is 31.1. The van der Waals surface area contributed by atoms with Crippen LogP contribution in [-0.2, 0) is 38.3 Å². The van der Waals surface area contributed by atoms with Crippen molar-refractivity contribution in [1.29, 1.82) is 0 Å². The Hall–Kier alpha value is -1.58. The maximum Gasteiger partial charge on any atom is 1.00 e. The molecule has 0 aliphatic heterocycles. The van der Waals surface area contributed by atoms with Crippen molar-refractivity contribution in [3.63, 3.8) is 0 Å². The normalized spacial score (nSPS) is 10.2. The summed E-state index contributed by atoms with van der Waals surface area (Å²) in [5, 5.41) is 8.43. The molecule has 0 saturated carbocycles. The second kappa shape index (κ2) is 29.1. The third kappa shape index (κ3) is 22.6. The van der Waals surface area contributed by atoms with Crippen LogP contribution in [0.4, 0.5) is 0 Å². The van der Waals surface area contributed by atoms with E-state index in [1.807, 2.05) is 37.3 Å². The van der Waals surface area contributed by atoms with Gasteiger partial charge in [0.2, 0.25) is 0 Å². The zero-order valence-electron chi connectivity index (χ0n) is 25.0. The fourth-order valence-electron chi connectivity index (χ4n) is 2.64. The number of carbonyl (C=O) groups is 4. The number of benzene rings is 2. The molecule has 0 saturated heterocycles. The number of methoxy groups -OCH3 is 2. The quantitative estimate of drug-likeness (QED) is 0.0563.